The van der Waals surface area contributed by atoms with Crippen LogP contribution in [0.1, 0.15) is 23.1 Å². The third-order valence-electron chi connectivity index (χ3n) is 2.63. The summed E-state index contributed by atoms with van der Waals surface area (Å²) in [6.07, 6.45) is 0.797. The fourth-order valence-electron chi connectivity index (χ4n) is 2.15. The Balaban J connectivity index is 0.00000256. The molecule has 0 bridgehead atoms. The molecular formula is C13H19NO2Y. The molecule has 1 rings (SSSR count). The molecule has 0 spiro atoms. The maximum atomic E-state index is 10.5. The van der Waals surface area contributed by atoms with Crippen LogP contribution >= 0.6 is 0 Å². The monoisotopic (exact) mass is 310 g/mol. The maximum absolute atomic E-state index is 10.5. The molecule has 1 aromatic carbocycles. The Morgan fingerprint density at radius 2 is 1.71 bits per heavy atom. The number of aliphatic carboxylic acids is 1. The van der Waals surface area contributed by atoms with Crippen molar-refractivity contribution in [2.45, 2.75) is 26.7 Å². The third-order valence-corrected chi connectivity index (χ3v) is 2.63. The molecule has 0 aliphatic rings. The van der Waals surface area contributed by atoms with E-state index >= 15 is 0 Å². The van der Waals surface area contributed by atoms with E-state index in [1.54, 1.807) is 0 Å². The molecule has 4 heteroatoms. The van der Waals surface area contributed by atoms with Gasteiger partial charge in [0.05, 0.1) is 0 Å². The van der Waals surface area contributed by atoms with Crippen molar-refractivity contribution in [1.29, 1.82) is 0 Å². The van der Waals surface area contributed by atoms with Crippen molar-refractivity contribution >= 4 is 11.7 Å². The van der Waals surface area contributed by atoms with Crippen LogP contribution in [0.15, 0.2) is 12.1 Å². The Hall–Kier alpha value is -0.406. The first kappa shape index (κ1) is 16.6. The first-order valence-electron chi connectivity index (χ1n) is 5.41. The van der Waals surface area contributed by atoms with Crippen LogP contribution in [-0.2, 0) is 43.9 Å². The van der Waals surface area contributed by atoms with Gasteiger partial charge in [-0.1, -0.05) is 12.1 Å². The van der Waals surface area contributed by atoms with Crippen LogP contribution < -0.4 is 4.90 Å². The van der Waals surface area contributed by atoms with Crippen molar-refractivity contribution in [3.63, 3.8) is 0 Å². The molecule has 0 atom stereocenters. The number of carbonyl (C=O) groups is 1. The quantitative estimate of drug-likeness (QED) is 0.928. The van der Waals surface area contributed by atoms with Gasteiger partial charge in [-0.05, 0) is 37.0 Å². The molecule has 17 heavy (non-hydrogen) atoms. The normalized spacial score (nSPS) is 9.65. The van der Waals surface area contributed by atoms with Gasteiger partial charge >= 0.3 is 5.97 Å². The van der Waals surface area contributed by atoms with Crippen LogP contribution in [-0.4, -0.2) is 25.2 Å². The van der Waals surface area contributed by atoms with E-state index in [1.807, 2.05) is 14.1 Å². The van der Waals surface area contributed by atoms with E-state index in [-0.39, 0.29) is 39.1 Å². The molecule has 1 N–H and O–H groups in total. The first-order valence-corrected chi connectivity index (χ1v) is 5.41. The minimum atomic E-state index is -0.744. The van der Waals surface area contributed by atoms with Crippen LogP contribution in [0.4, 0.5) is 5.69 Å². The van der Waals surface area contributed by atoms with E-state index in [0.29, 0.717) is 6.42 Å². The van der Waals surface area contributed by atoms with Crippen LogP contribution in [0.2, 0.25) is 0 Å². The fraction of sp³-hybridized carbons (Fsp3) is 0.462. The van der Waals surface area contributed by atoms with Crippen LogP contribution in [0.25, 0.3) is 0 Å². The topological polar surface area (TPSA) is 40.5 Å². The summed E-state index contributed by atoms with van der Waals surface area (Å²) in [4.78, 5) is 12.6. The van der Waals surface area contributed by atoms with Gasteiger partial charge in [0.25, 0.3) is 0 Å². The van der Waals surface area contributed by atoms with E-state index < -0.39 is 5.97 Å². The van der Waals surface area contributed by atoms with Gasteiger partial charge in [0, 0.05) is 58.9 Å². The van der Waals surface area contributed by atoms with E-state index in [9.17, 15) is 4.79 Å². The molecule has 91 valence electrons. The van der Waals surface area contributed by atoms with Gasteiger partial charge in [0.1, 0.15) is 0 Å². The smallest absolute Gasteiger partial charge is 0.303 e. The molecule has 0 fully saturated rings. The molecule has 0 saturated carbocycles. The van der Waals surface area contributed by atoms with Crippen molar-refractivity contribution in [1.82, 2.24) is 0 Å². The summed E-state index contributed by atoms with van der Waals surface area (Å²) in [5.41, 5.74) is 4.72. The molecule has 3 nitrogen and oxygen atoms in total. The number of anilines is 1. The predicted molar refractivity (Wildman–Crippen MR) is 66.2 cm³/mol. The van der Waals surface area contributed by atoms with Gasteiger partial charge in [-0.25, -0.2) is 0 Å². The van der Waals surface area contributed by atoms with E-state index in [1.165, 1.54) is 16.8 Å². The third kappa shape index (κ3) is 4.76. The predicted octanol–water partition coefficient (Wildman–Crippen LogP) is 2.38. The molecule has 0 amide bonds. The van der Waals surface area contributed by atoms with Gasteiger partial charge in [-0.15, -0.1) is 0 Å². The summed E-state index contributed by atoms with van der Waals surface area (Å²) in [7, 11) is 4.04. The summed E-state index contributed by atoms with van der Waals surface area (Å²) in [5.74, 6) is -0.744. The van der Waals surface area contributed by atoms with Crippen molar-refractivity contribution in [3.8, 4) is 0 Å². The number of benzene rings is 1. The van der Waals surface area contributed by atoms with Crippen molar-refractivity contribution < 1.29 is 42.6 Å². The van der Waals surface area contributed by atoms with Crippen LogP contribution in [0.3, 0.4) is 0 Å². The summed E-state index contributed by atoms with van der Waals surface area (Å²) in [5, 5.41) is 8.65. The van der Waals surface area contributed by atoms with E-state index in [2.05, 4.69) is 30.9 Å². The zero-order valence-electron chi connectivity index (χ0n) is 10.9. The van der Waals surface area contributed by atoms with Crippen molar-refractivity contribution in [3.05, 3.63) is 28.8 Å². The zero-order valence-corrected chi connectivity index (χ0v) is 13.8. The van der Waals surface area contributed by atoms with Gasteiger partial charge < -0.3 is 10.0 Å². The number of rotatable bonds is 4. The fourth-order valence-corrected chi connectivity index (χ4v) is 2.15. The second-order valence-electron chi connectivity index (χ2n) is 4.37. The number of nitrogens with zero attached hydrogens (tertiary/aromatic N) is 1. The average Bonchev–Trinajstić information content (AvgIpc) is 2.12. The zero-order chi connectivity index (χ0) is 12.3. The number of carboxylic acid groups (broad SMARTS) is 1. The van der Waals surface area contributed by atoms with E-state index in [0.717, 1.165) is 5.56 Å². The van der Waals surface area contributed by atoms with Gasteiger partial charge in [0.15, 0.2) is 0 Å². The van der Waals surface area contributed by atoms with Crippen molar-refractivity contribution in [2.75, 3.05) is 19.0 Å². The van der Waals surface area contributed by atoms with Gasteiger partial charge in [-0.3, -0.25) is 4.79 Å². The molecule has 0 aliphatic heterocycles. The Morgan fingerprint density at radius 3 is 2.06 bits per heavy atom. The molecule has 0 aliphatic carbocycles. The van der Waals surface area contributed by atoms with Gasteiger partial charge in [0.2, 0.25) is 0 Å². The molecule has 0 heterocycles. The molecule has 1 aromatic rings. The van der Waals surface area contributed by atoms with Crippen LogP contribution in [0, 0.1) is 13.8 Å². The standard InChI is InChI=1S/C13H19NO2.Y/c1-9-7-11(5-6-12(15)16)8-10(2)13(9)14(3)4;/h7-8H,5-6H2,1-4H3,(H,15,16);. The molecule has 0 unspecified atom stereocenters. The van der Waals surface area contributed by atoms with Crippen molar-refractivity contribution in [2.24, 2.45) is 0 Å². The Bertz CT molecular complexity index is 379. The summed E-state index contributed by atoms with van der Waals surface area (Å²) in [6, 6.07) is 4.15. The molecular weight excluding hydrogens is 291 g/mol. The summed E-state index contributed by atoms with van der Waals surface area (Å²) < 4.78 is 0. The second-order valence-corrected chi connectivity index (χ2v) is 4.37. The average molecular weight is 310 g/mol. The minimum absolute atomic E-state index is 0. The Morgan fingerprint density at radius 1 is 1.24 bits per heavy atom. The first-order chi connectivity index (χ1) is 7.41. The number of hydrogen-bond acceptors (Lipinski definition) is 2. The second kappa shape index (κ2) is 7.12. The Labute approximate surface area is 128 Å². The van der Waals surface area contributed by atoms with Crippen LogP contribution in [0.5, 0.6) is 0 Å². The number of carboxylic acids is 1. The minimum Gasteiger partial charge on any atom is -0.481 e. The molecule has 1 radical (unpaired) electrons. The van der Waals surface area contributed by atoms with Gasteiger partial charge in [-0.2, -0.15) is 0 Å². The Kier molecular flexibility index (Phi) is 6.95. The molecule has 0 saturated heterocycles. The maximum Gasteiger partial charge on any atom is 0.303 e. The number of aryl methyl sites for hydroxylation is 3. The summed E-state index contributed by atoms with van der Waals surface area (Å²) in [6.45, 7) is 4.12. The molecule has 0 aromatic heterocycles. The SMILES string of the molecule is Cc1cc(CCC(=O)O)cc(C)c1N(C)C.[Y]. The largest absolute Gasteiger partial charge is 0.481 e. The van der Waals surface area contributed by atoms with E-state index in [4.69, 9.17) is 5.11 Å². The number of hydrogen-bond donors (Lipinski definition) is 1. The summed E-state index contributed by atoms with van der Waals surface area (Å²) >= 11 is 0.